The maximum Gasteiger partial charge on any atom is 0.303 e. The number of phenolic OH excluding ortho intramolecular Hbond substituents is 2. The number of rotatable bonds is 14. The number of esters is 8. The van der Waals surface area contributed by atoms with E-state index in [1.165, 1.54) is 0 Å². The zero-order chi connectivity index (χ0) is 48.1. The Morgan fingerprint density at radius 1 is 0.438 bits per heavy atom. The van der Waals surface area contributed by atoms with Crippen LogP contribution < -0.4 is 0 Å². The minimum atomic E-state index is -1.85. The summed E-state index contributed by atoms with van der Waals surface area (Å²) in [5, 5.41) is 45.3. The molecule has 4 N–H and O–H groups in total. The number of carbonyl (C=O) groups excluding carboxylic acids is 10. The van der Waals surface area contributed by atoms with E-state index >= 15 is 0 Å². The van der Waals surface area contributed by atoms with Crippen LogP contribution in [-0.4, -0.2) is 153 Å². The number of ether oxygens (including phenoxy) is 10. The summed E-state index contributed by atoms with van der Waals surface area (Å²) in [7, 11) is 0. The zero-order valence-corrected chi connectivity index (χ0v) is 36.6. The summed E-state index contributed by atoms with van der Waals surface area (Å²) in [6.07, 6.45) is -13.7. The lowest BCUT2D eigenvalue weighted by Crippen LogP contribution is -2.61. The Labute approximate surface area is 370 Å². The first-order valence-corrected chi connectivity index (χ1v) is 20.4. The number of carbonyl (C=O) groups is 10. The summed E-state index contributed by atoms with van der Waals surface area (Å²) >= 11 is 0.563. The van der Waals surface area contributed by atoms with Crippen molar-refractivity contribution in [2.24, 2.45) is 0 Å². The van der Waals surface area contributed by atoms with Crippen LogP contribution in [0, 0.1) is 0 Å². The molecule has 2 fully saturated rings. The number of aliphatic hydroxyl groups is 2. The molecule has 4 rings (SSSR count). The van der Waals surface area contributed by atoms with Crippen molar-refractivity contribution in [3.05, 3.63) is 16.9 Å². The number of benzene rings is 1. The Kier molecular flexibility index (Phi) is 16.6. The zero-order valence-electron chi connectivity index (χ0n) is 35.0. The maximum atomic E-state index is 13.4. The number of phenols is 2. The Hall–Kier alpha value is -6.12. The number of ketones is 2. The number of fused-ring (bicyclic) bond motifs is 1. The van der Waals surface area contributed by atoms with Gasteiger partial charge in [-0.15, -0.1) is 0 Å². The molecule has 0 bridgehead atoms. The average Bonchev–Trinajstić information content (AvgIpc) is 3.17. The van der Waals surface area contributed by atoms with Crippen molar-refractivity contribution in [3.8, 4) is 11.5 Å². The van der Waals surface area contributed by atoms with E-state index in [1.54, 1.807) is 0 Å². The van der Waals surface area contributed by atoms with Gasteiger partial charge in [0.1, 0.15) is 47.8 Å². The number of thioether (sulfide) groups is 2. The highest BCUT2D eigenvalue weighted by atomic mass is 32.2. The van der Waals surface area contributed by atoms with Gasteiger partial charge < -0.3 is 67.8 Å². The van der Waals surface area contributed by atoms with Gasteiger partial charge in [0.15, 0.2) is 42.4 Å². The van der Waals surface area contributed by atoms with Gasteiger partial charge >= 0.3 is 47.8 Å². The van der Waals surface area contributed by atoms with Gasteiger partial charge in [0.25, 0.3) is 5.78 Å². The van der Waals surface area contributed by atoms with Crippen molar-refractivity contribution in [2.75, 3.05) is 13.2 Å². The molecule has 2 heterocycles. The molecule has 24 nitrogen and oxygen atoms in total. The molecule has 0 radical (unpaired) electrons. The lowest BCUT2D eigenvalue weighted by Gasteiger charge is -2.45. The molecule has 3 aliphatic rings. The Morgan fingerprint density at radius 2 is 0.750 bits per heavy atom. The second kappa shape index (κ2) is 21.0. The summed E-state index contributed by atoms with van der Waals surface area (Å²) in [6.45, 7) is 6.32. The van der Waals surface area contributed by atoms with Crippen LogP contribution in [0.4, 0.5) is 0 Å². The number of hydrogen-bond acceptors (Lipinski definition) is 26. The maximum absolute atomic E-state index is 13.4. The fraction of sp³-hybridized carbons (Fsp3) is 0.526. The number of hydrogen-bond donors (Lipinski definition) is 4. The molecular formula is C38H42O24S2. The Bertz CT molecular complexity index is 2150. The molecule has 26 heteroatoms. The first-order chi connectivity index (χ1) is 29.8. The van der Waals surface area contributed by atoms with Crippen LogP contribution in [0.2, 0.25) is 0 Å². The van der Waals surface area contributed by atoms with Crippen LogP contribution in [0.3, 0.4) is 0 Å². The van der Waals surface area contributed by atoms with Gasteiger partial charge in [-0.3, -0.25) is 47.9 Å². The summed E-state index contributed by atoms with van der Waals surface area (Å²) in [5.41, 5.74) is -5.72. The lowest BCUT2D eigenvalue weighted by atomic mass is 9.91. The smallest absolute Gasteiger partial charge is 0.303 e. The van der Waals surface area contributed by atoms with E-state index in [9.17, 15) is 68.4 Å². The first-order valence-electron chi connectivity index (χ1n) is 18.6. The third-order valence-electron chi connectivity index (χ3n) is 8.83. The predicted molar refractivity (Wildman–Crippen MR) is 207 cm³/mol. The van der Waals surface area contributed by atoms with Crippen LogP contribution in [0.5, 0.6) is 11.5 Å². The normalized spacial score (nSPS) is 26.4. The molecule has 10 atom stereocenters. The monoisotopic (exact) mass is 946 g/mol. The van der Waals surface area contributed by atoms with E-state index < -0.39 is 176 Å². The summed E-state index contributed by atoms with van der Waals surface area (Å²) in [4.78, 5) is 124. The fourth-order valence-corrected chi connectivity index (χ4v) is 9.27. The molecule has 0 unspecified atom stereocenters. The van der Waals surface area contributed by atoms with Crippen molar-refractivity contribution in [2.45, 2.75) is 125 Å². The van der Waals surface area contributed by atoms with Gasteiger partial charge in [-0.1, -0.05) is 23.5 Å². The lowest BCUT2D eigenvalue weighted by molar-refractivity contribution is -0.237. The van der Waals surface area contributed by atoms with Crippen LogP contribution in [0.1, 0.15) is 71.3 Å². The summed E-state index contributed by atoms with van der Waals surface area (Å²) in [6, 6.07) is 0. The number of aliphatic hydroxyl groups excluding tert-OH is 2. The molecule has 0 spiro atoms. The molecule has 350 valence electrons. The van der Waals surface area contributed by atoms with E-state index in [2.05, 4.69) is 0 Å². The number of aromatic hydroxyl groups is 2. The molecule has 0 aromatic heterocycles. The van der Waals surface area contributed by atoms with E-state index in [0.717, 1.165) is 55.4 Å². The second-order valence-electron chi connectivity index (χ2n) is 13.8. The van der Waals surface area contributed by atoms with Gasteiger partial charge in [-0.2, -0.15) is 0 Å². The quantitative estimate of drug-likeness (QED) is 0.0874. The van der Waals surface area contributed by atoms with Gasteiger partial charge in [-0.05, 0) is 0 Å². The highest BCUT2D eigenvalue weighted by Gasteiger charge is 2.55. The van der Waals surface area contributed by atoms with Crippen molar-refractivity contribution in [1.82, 2.24) is 0 Å². The molecule has 0 amide bonds. The molecule has 0 saturated carbocycles. The van der Waals surface area contributed by atoms with Gasteiger partial charge in [0.2, 0.25) is 11.5 Å². The molecule has 1 aromatic rings. The Morgan fingerprint density at radius 3 is 1.08 bits per heavy atom. The standard InChI is InChI=1S/C38H42O24S2/c1-11(39)53-9-19-29(55-13(3)41)31(57-15(5)43)33(59-17(7)45)37(61-19)63-35-25(49)21-22(24(48)28(52)27(51)23(21)47)26(50)36(35)64-38-34(60-18(8)46)32(58-16(6)44)30(56-14(4)42)20(62-38)10-54-12(2)40/h19-20,29-34,37-38,47,49-51H,9-10H2,1-8H3/t19-,20+,29+,30+,31-,32-,33+,34-,37-,38-/m0/s1. The first kappa shape index (κ1) is 50.5. The molecule has 2 aliphatic heterocycles. The number of allylic oxidation sites excluding steroid dienone is 1. The van der Waals surface area contributed by atoms with Gasteiger partial charge in [-0.25, -0.2) is 0 Å². The topological polar surface area (TPSA) is 344 Å². The Balaban J connectivity index is 2.05. The third kappa shape index (κ3) is 11.7. The molecule has 1 aromatic carbocycles. The van der Waals surface area contributed by atoms with Crippen LogP contribution >= 0.6 is 23.5 Å². The summed E-state index contributed by atoms with van der Waals surface area (Å²) < 4.78 is 55.2. The number of Topliss-reactive ketones (excluding diaryl/α,β-unsaturated/α-hetero) is 2. The van der Waals surface area contributed by atoms with E-state index in [4.69, 9.17) is 47.4 Å². The van der Waals surface area contributed by atoms with Crippen LogP contribution in [-0.2, 0) is 90.5 Å². The minimum Gasteiger partial charge on any atom is -0.506 e. The predicted octanol–water partition coefficient (Wildman–Crippen LogP) is 0.998. The highest BCUT2D eigenvalue weighted by Crippen LogP contribution is 2.55. The molecule has 1 aliphatic carbocycles. The van der Waals surface area contributed by atoms with E-state index in [-0.39, 0.29) is 23.5 Å². The van der Waals surface area contributed by atoms with Gasteiger partial charge in [0.05, 0.1) is 20.9 Å². The molecular weight excluding hydrogens is 905 g/mol. The summed E-state index contributed by atoms with van der Waals surface area (Å²) in [5.74, 6) is -16.5. The third-order valence-corrected chi connectivity index (χ3v) is 11.5. The molecule has 2 saturated heterocycles. The SMILES string of the molecule is CC(=O)OC[C@@H]1O[C@@H](Sc2c(O)c3c(c(O)c2S[C@@H]2O[C@H](COC(C)=O)[C@@H](OC(C)=O)[C@H](OC(C)=O)[C@@H]2OC(C)=O)C(=O)C(=O)C(O)=C3O)[C@H](OC(C)=O)[C@@H](OC(C)=O)[C@@H]1OC(C)=O. The van der Waals surface area contributed by atoms with Crippen LogP contribution in [0.15, 0.2) is 15.6 Å². The molecule has 64 heavy (non-hydrogen) atoms. The van der Waals surface area contributed by atoms with Gasteiger partial charge in [0, 0.05) is 55.4 Å². The van der Waals surface area contributed by atoms with Crippen molar-refractivity contribution >= 4 is 88.6 Å². The second-order valence-corrected chi connectivity index (χ2v) is 16.0. The average molecular weight is 947 g/mol. The fourth-order valence-electron chi connectivity index (χ4n) is 6.60. The largest absolute Gasteiger partial charge is 0.506 e. The van der Waals surface area contributed by atoms with E-state index in [1.807, 2.05) is 0 Å². The minimum absolute atomic E-state index is 0.275. The van der Waals surface area contributed by atoms with Crippen molar-refractivity contribution in [1.29, 1.82) is 0 Å². The van der Waals surface area contributed by atoms with E-state index in [0.29, 0.717) is 0 Å². The highest BCUT2D eigenvalue weighted by molar-refractivity contribution is 8.03. The van der Waals surface area contributed by atoms with Crippen molar-refractivity contribution < 1.29 is 116 Å². The van der Waals surface area contributed by atoms with Crippen molar-refractivity contribution in [3.63, 3.8) is 0 Å². The van der Waals surface area contributed by atoms with Crippen LogP contribution in [0.25, 0.3) is 5.76 Å².